The Labute approximate surface area is 129 Å². The van der Waals surface area contributed by atoms with Crippen molar-refractivity contribution in [1.29, 1.82) is 0 Å². The minimum Gasteiger partial charge on any atom is -0.352 e. The van der Waals surface area contributed by atoms with Crippen LogP contribution >= 0.6 is 0 Å². The number of fused-ring (bicyclic) bond motifs is 1. The molecule has 1 aromatic carbocycles. The molecule has 0 aliphatic heterocycles. The third kappa shape index (κ3) is 3.01. The maximum atomic E-state index is 12.2. The molecule has 0 aliphatic rings. The fourth-order valence-corrected chi connectivity index (χ4v) is 2.61. The van der Waals surface area contributed by atoms with Gasteiger partial charge >= 0.3 is 0 Å². The van der Waals surface area contributed by atoms with Crippen LogP contribution in [0, 0.1) is 0 Å². The second-order valence-electron chi connectivity index (χ2n) is 5.25. The second kappa shape index (κ2) is 6.43. The molecular formula is C18H19N3O. The number of aromatic nitrogens is 2. The van der Waals surface area contributed by atoms with E-state index in [1.165, 1.54) is 0 Å². The summed E-state index contributed by atoms with van der Waals surface area (Å²) in [5, 5.41) is 4.03. The summed E-state index contributed by atoms with van der Waals surface area (Å²) >= 11 is 0. The summed E-state index contributed by atoms with van der Waals surface area (Å²) < 4.78 is 2.08. The van der Waals surface area contributed by atoms with E-state index in [2.05, 4.69) is 21.8 Å². The molecular weight excluding hydrogens is 274 g/mol. The van der Waals surface area contributed by atoms with Gasteiger partial charge in [0.1, 0.15) is 5.65 Å². The number of hydrogen-bond donors (Lipinski definition) is 1. The third-order valence-corrected chi connectivity index (χ3v) is 3.74. The molecule has 3 aromatic rings. The topological polar surface area (TPSA) is 46.9 Å². The molecule has 0 atom stereocenters. The molecule has 3 rings (SSSR count). The summed E-state index contributed by atoms with van der Waals surface area (Å²) in [5.41, 5.74) is 3.07. The number of carbonyl (C=O) groups is 1. The molecule has 22 heavy (non-hydrogen) atoms. The van der Waals surface area contributed by atoms with E-state index < -0.39 is 0 Å². The van der Waals surface area contributed by atoms with E-state index in [-0.39, 0.29) is 5.91 Å². The molecule has 4 heteroatoms. The highest BCUT2D eigenvalue weighted by Gasteiger charge is 2.11. The summed E-state index contributed by atoms with van der Waals surface area (Å²) in [4.78, 5) is 16.6. The zero-order chi connectivity index (χ0) is 15.4. The van der Waals surface area contributed by atoms with Gasteiger partial charge in [-0.15, -0.1) is 0 Å². The molecule has 2 heterocycles. The molecule has 0 bridgehead atoms. The molecule has 2 aromatic heterocycles. The second-order valence-corrected chi connectivity index (χ2v) is 5.25. The first-order valence-electron chi connectivity index (χ1n) is 7.51. The fourth-order valence-electron chi connectivity index (χ4n) is 2.61. The Morgan fingerprint density at radius 2 is 2.00 bits per heavy atom. The maximum absolute atomic E-state index is 12.2. The van der Waals surface area contributed by atoms with E-state index in [1.807, 2.05) is 48.7 Å². The molecule has 0 aliphatic carbocycles. The van der Waals surface area contributed by atoms with Crippen LogP contribution in [-0.2, 0) is 24.3 Å². The first kappa shape index (κ1) is 14.3. The molecule has 112 valence electrons. The summed E-state index contributed by atoms with van der Waals surface area (Å²) in [5.74, 6) is 0.0304. The number of rotatable bonds is 5. The van der Waals surface area contributed by atoms with Crippen molar-refractivity contribution < 1.29 is 4.79 Å². The molecule has 1 N–H and O–H groups in total. The van der Waals surface area contributed by atoms with Gasteiger partial charge in [0.25, 0.3) is 0 Å². The van der Waals surface area contributed by atoms with Crippen LogP contribution in [0.2, 0.25) is 0 Å². The number of hydrogen-bond acceptors (Lipinski definition) is 2. The highest BCUT2D eigenvalue weighted by molar-refractivity contribution is 5.87. The molecule has 0 spiro atoms. The molecule has 0 saturated carbocycles. The summed E-state index contributed by atoms with van der Waals surface area (Å²) in [6, 6.07) is 13.9. The van der Waals surface area contributed by atoms with Gasteiger partial charge in [0.05, 0.1) is 6.42 Å². The average molecular weight is 293 g/mol. The SMILES string of the molecule is CCn1cc(CC(=O)NCc2ccccc2)c2cccnc21. The van der Waals surface area contributed by atoms with Crippen molar-refractivity contribution in [2.75, 3.05) is 0 Å². The quantitative estimate of drug-likeness (QED) is 0.786. The lowest BCUT2D eigenvalue weighted by molar-refractivity contribution is -0.120. The minimum absolute atomic E-state index is 0.0304. The lowest BCUT2D eigenvalue weighted by atomic mass is 10.1. The zero-order valence-electron chi connectivity index (χ0n) is 12.6. The van der Waals surface area contributed by atoms with Crippen LogP contribution in [0.4, 0.5) is 0 Å². The van der Waals surface area contributed by atoms with Crippen molar-refractivity contribution in [3.8, 4) is 0 Å². The van der Waals surface area contributed by atoms with Gasteiger partial charge in [-0.1, -0.05) is 30.3 Å². The van der Waals surface area contributed by atoms with Gasteiger partial charge in [0.15, 0.2) is 0 Å². The largest absolute Gasteiger partial charge is 0.352 e. The van der Waals surface area contributed by atoms with Crippen LogP contribution in [0.15, 0.2) is 54.9 Å². The Hall–Kier alpha value is -2.62. The molecule has 0 unspecified atom stereocenters. The number of carbonyl (C=O) groups excluding carboxylic acids is 1. The van der Waals surface area contributed by atoms with Crippen molar-refractivity contribution in [2.24, 2.45) is 0 Å². The Kier molecular flexibility index (Phi) is 4.19. The molecule has 0 radical (unpaired) electrons. The third-order valence-electron chi connectivity index (χ3n) is 3.74. The van der Waals surface area contributed by atoms with Gasteiger partial charge < -0.3 is 9.88 Å². The lowest BCUT2D eigenvalue weighted by Crippen LogP contribution is -2.24. The fraction of sp³-hybridized carbons (Fsp3) is 0.222. The lowest BCUT2D eigenvalue weighted by Gasteiger charge is -2.04. The minimum atomic E-state index is 0.0304. The monoisotopic (exact) mass is 293 g/mol. The normalized spacial score (nSPS) is 10.8. The van der Waals surface area contributed by atoms with Crippen LogP contribution in [0.25, 0.3) is 11.0 Å². The molecule has 4 nitrogen and oxygen atoms in total. The van der Waals surface area contributed by atoms with Crippen LogP contribution < -0.4 is 5.32 Å². The number of nitrogens with zero attached hydrogens (tertiary/aromatic N) is 2. The first-order chi connectivity index (χ1) is 10.8. The number of pyridine rings is 1. The van der Waals surface area contributed by atoms with Crippen LogP contribution in [0.1, 0.15) is 18.1 Å². The van der Waals surface area contributed by atoms with Gasteiger partial charge in [-0.3, -0.25) is 4.79 Å². The Morgan fingerprint density at radius 3 is 2.77 bits per heavy atom. The van der Waals surface area contributed by atoms with E-state index >= 15 is 0 Å². The summed E-state index contributed by atoms with van der Waals surface area (Å²) in [7, 11) is 0. The Bertz CT molecular complexity index is 777. The molecule has 1 amide bonds. The zero-order valence-corrected chi connectivity index (χ0v) is 12.6. The number of aryl methyl sites for hydroxylation is 1. The average Bonchev–Trinajstić information content (AvgIpc) is 2.92. The van der Waals surface area contributed by atoms with E-state index in [1.54, 1.807) is 6.20 Å². The predicted molar refractivity (Wildman–Crippen MR) is 87.4 cm³/mol. The van der Waals surface area contributed by atoms with Crippen molar-refractivity contribution in [2.45, 2.75) is 26.4 Å². The summed E-state index contributed by atoms with van der Waals surface area (Å²) in [6.07, 6.45) is 4.19. The van der Waals surface area contributed by atoms with Crippen molar-refractivity contribution in [1.82, 2.24) is 14.9 Å². The van der Waals surface area contributed by atoms with E-state index in [0.29, 0.717) is 13.0 Å². The van der Waals surface area contributed by atoms with Crippen molar-refractivity contribution in [3.63, 3.8) is 0 Å². The van der Waals surface area contributed by atoms with E-state index in [9.17, 15) is 4.79 Å². The van der Waals surface area contributed by atoms with Crippen molar-refractivity contribution in [3.05, 3.63) is 66.0 Å². The Morgan fingerprint density at radius 1 is 1.18 bits per heavy atom. The van der Waals surface area contributed by atoms with Gasteiger partial charge in [0, 0.05) is 30.9 Å². The smallest absolute Gasteiger partial charge is 0.224 e. The molecule has 0 saturated heterocycles. The van der Waals surface area contributed by atoms with Gasteiger partial charge in [-0.2, -0.15) is 0 Å². The van der Waals surface area contributed by atoms with Crippen molar-refractivity contribution >= 4 is 16.9 Å². The highest BCUT2D eigenvalue weighted by Crippen LogP contribution is 2.19. The van der Waals surface area contributed by atoms with E-state index in [4.69, 9.17) is 0 Å². The van der Waals surface area contributed by atoms with Crippen LogP contribution in [0.5, 0.6) is 0 Å². The van der Waals surface area contributed by atoms with Gasteiger partial charge in [0.2, 0.25) is 5.91 Å². The number of nitrogens with one attached hydrogen (secondary N) is 1. The summed E-state index contributed by atoms with van der Waals surface area (Å²) in [6.45, 7) is 3.48. The van der Waals surface area contributed by atoms with E-state index in [0.717, 1.165) is 28.7 Å². The maximum Gasteiger partial charge on any atom is 0.224 e. The van der Waals surface area contributed by atoms with Crippen LogP contribution in [-0.4, -0.2) is 15.5 Å². The number of amides is 1. The predicted octanol–water partition coefficient (Wildman–Crippen LogP) is 2.92. The van der Waals surface area contributed by atoms with Crippen LogP contribution in [0.3, 0.4) is 0 Å². The standard InChI is InChI=1S/C18H19N3O/c1-2-21-13-15(16-9-6-10-19-18(16)21)11-17(22)20-12-14-7-4-3-5-8-14/h3-10,13H,2,11-12H2,1H3,(H,20,22). The van der Waals surface area contributed by atoms with Gasteiger partial charge in [-0.25, -0.2) is 4.98 Å². The molecule has 0 fully saturated rings. The number of benzene rings is 1. The highest BCUT2D eigenvalue weighted by atomic mass is 16.1. The van der Waals surface area contributed by atoms with Gasteiger partial charge in [-0.05, 0) is 30.2 Å². The first-order valence-corrected chi connectivity index (χ1v) is 7.51. The Balaban J connectivity index is 1.71.